The van der Waals surface area contributed by atoms with Crippen molar-refractivity contribution < 1.29 is 9.53 Å². The summed E-state index contributed by atoms with van der Waals surface area (Å²) in [5.41, 5.74) is 0. The van der Waals surface area contributed by atoms with Crippen molar-refractivity contribution in [2.45, 2.75) is 44.8 Å². The van der Waals surface area contributed by atoms with Crippen LogP contribution in [0.15, 0.2) is 22.9 Å². The maximum atomic E-state index is 11.9. The summed E-state index contributed by atoms with van der Waals surface area (Å²) in [6.45, 7) is 1.76. The number of nitrogens with zero attached hydrogens (tertiary/aromatic N) is 1. The summed E-state index contributed by atoms with van der Waals surface area (Å²) in [5.74, 6) is 0.553. The highest BCUT2D eigenvalue weighted by Gasteiger charge is 2.21. The van der Waals surface area contributed by atoms with Crippen LogP contribution in [0.5, 0.6) is 5.75 Å². The van der Waals surface area contributed by atoms with Gasteiger partial charge in [-0.2, -0.15) is 0 Å². The van der Waals surface area contributed by atoms with Gasteiger partial charge in [-0.05, 0) is 47.8 Å². The monoisotopic (exact) mass is 312 g/mol. The molecule has 1 aliphatic carbocycles. The maximum Gasteiger partial charge on any atom is 0.260 e. The molecule has 1 aromatic rings. The molecule has 1 saturated carbocycles. The first kappa shape index (κ1) is 13.3. The van der Waals surface area contributed by atoms with Crippen molar-refractivity contribution in [1.82, 2.24) is 10.3 Å². The minimum atomic E-state index is -0.492. The molecule has 2 rings (SSSR count). The fourth-order valence-electron chi connectivity index (χ4n) is 2.08. The average molecular weight is 313 g/mol. The number of pyridine rings is 1. The third-order valence-electron chi connectivity index (χ3n) is 3.08. The highest BCUT2D eigenvalue weighted by molar-refractivity contribution is 9.10. The molecule has 0 saturated heterocycles. The van der Waals surface area contributed by atoms with Crippen molar-refractivity contribution in [1.29, 1.82) is 0 Å². The molecule has 0 aromatic carbocycles. The summed E-state index contributed by atoms with van der Waals surface area (Å²) >= 11 is 3.25. The van der Waals surface area contributed by atoms with Crippen LogP contribution in [0.25, 0.3) is 0 Å². The van der Waals surface area contributed by atoms with Crippen LogP contribution in [0.2, 0.25) is 0 Å². The van der Waals surface area contributed by atoms with Gasteiger partial charge >= 0.3 is 0 Å². The normalized spacial score (nSPS) is 17.4. The zero-order valence-electron chi connectivity index (χ0n) is 10.4. The summed E-state index contributed by atoms with van der Waals surface area (Å²) in [6, 6.07) is 3.90. The summed E-state index contributed by atoms with van der Waals surface area (Å²) in [5, 5.41) is 3.02. The lowest BCUT2D eigenvalue weighted by atomic mass is 10.2. The number of carbonyl (C=O) groups excluding carboxylic acids is 1. The summed E-state index contributed by atoms with van der Waals surface area (Å²) < 4.78 is 6.29. The Morgan fingerprint density at radius 1 is 1.50 bits per heavy atom. The number of ether oxygens (including phenoxy) is 1. The van der Waals surface area contributed by atoms with E-state index in [1.807, 2.05) is 0 Å². The molecule has 0 radical (unpaired) electrons. The summed E-state index contributed by atoms with van der Waals surface area (Å²) in [7, 11) is 0. The van der Waals surface area contributed by atoms with Crippen LogP contribution in [-0.2, 0) is 4.79 Å². The Balaban J connectivity index is 1.84. The molecule has 1 aromatic heterocycles. The number of halogens is 1. The highest BCUT2D eigenvalue weighted by Crippen LogP contribution is 2.18. The lowest BCUT2D eigenvalue weighted by molar-refractivity contribution is -0.127. The largest absolute Gasteiger partial charge is 0.479 e. The van der Waals surface area contributed by atoms with Gasteiger partial charge in [0.25, 0.3) is 5.91 Å². The van der Waals surface area contributed by atoms with E-state index in [-0.39, 0.29) is 5.91 Å². The van der Waals surface area contributed by atoms with Crippen molar-refractivity contribution in [3.63, 3.8) is 0 Å². The van der Waals surface area contributed by atoms with E-state index in [1.165, 1.54) is 12.8 Å². The second kappa shape index (κ2) is 6.18. The quantitative estimate of drug-likeness (QED) is 0.870. The van der Waals surface area contributed by atoms with Gasteiger partial charge in [-0.1, -0.05) is 12.8 Å². The van der Waals surface area contributed by atoms with Crippen molar-refractivity contribution >= 4 is 21.8 Å². The SMILES string of the molecule is CC(Oc1ccc(Br)nc1)C(=O)NC1CCCC1. The number of hydrogen-bond acceptors (Lipinski definition) is 3. The van der Waals surface area contributed by atoms with Crippen LogP contribution in [0, 0.1) is 0 Å². The molecule has 1 fully saturated rings. The Morgan fingerprint density at radius 3 is 2.83 bits per heavy atom. The predicted molar refractivity (Wildman–Crippen MR) is 72.4 cm³/mol. The van der Waals surface area contributed by atoms with Gasteiger partial charge in [0.1, 0.15) is 10.4 Å². The van der Waals surface area contributed by atoms with Gasteiger partial charge in [0, 0.05) is 6.04 Å². The molecule has 1 aliphatic rings. The van der Waals surface area contributed by atoms with E-state index < -0.39 is 6.10 Å². The molecule has 1 heterocycles. The molecule has 4 nitrogen and oxygen atoms in total. The molecular weight excluding hydrogens is 296 g/mol. The van der Waals surface area contributed by atoms with E-state index in [9.17, 15) is 4.79 Å². The Kier molecular flexibility index (Phi) is 4.58. The summed E-state index contributed by atoms with van der Waals surface area (Å²) in [6.07, 6.45) is 5.68. The Bertz CT molecular complexity index is 402. The molecule has 1 N–H and O–H groups in total. The lowest BCUT2D eigenvalue weighted by Crippen LogP contribution is -2.41. The van der Waals surface area contributed by atoms with Crippen LogP contribution in [0.1, 0.15) is 32.6 Å². The molecule has 0 bridgehead atoms. The highest BCUT2D eigenvalue weighted by atomic mass is 79.9. The van der Waals surface area contributed by atoms with E-state index in [4.69, 9.17) is 4.74 Å². The van der Waals surface area contributed by atoms with Crippen LogP contribution in [0.4, 0.5) is 0 Å². The second-order valence-electron chi connectivity index (χ2n) is 4.57. The van der Waals surface area contributed by atoms with Gasteiger partial charge in [0.2, 0.25) is 0 Å². The van der Waals surface area contributed by atoms with Gasteiger partial charge in [0.15, 0.2) is 6.10 Å². The van der Waals surface area contributed by atoms with Gasteiger partial charge in [-0.3, -0.25) is 4.79 Å². The maximum absolute atomic E-state index is 11.9. The molecule has 98 valence electrons. The van der Waals surface area contributed by atoms with Crippen LogP contribution < -0.4 is 10.1 Å². The van der Waals surface area contributed by atoms with Crippen LogP contribution in [0.3, 0.4) is 0 Å². The van der Waals surface area contributed by atoms with E-state index in [2.05, 4.69) is 26.2 Å². The molecule has 0 spiro atoms. The Hall–Kier alpha value is -1.10. The molecular formula is C13H17BrN2O2. The predicted octanol–water partition coefficient (Wildman–Crippen LogP) is 2.67. The molecule has 1 atom stereocenters. The van der Waals surface area contributed by atoms with E-state index in [0.717, 1.165) is 17.4 Å². The smallest absolute Gasteiger partial charge is 0.260 e. The minimum Gasteiger partial charge on any atom is -0.479 e. The molecule has 0 aliphatic heterocycles. The number of carbonyl (C=O) groups is 1. The number of rotatable bonds is 4. The van der Waals surface area contributed by atoms with Gasteiger partial charge in [-0.15, -0.1) is 0 Å². The lowest BCUT2D eigenvalue weighted by Gasteiger charge is -2.17. The van der Waals surface area contributed by atoms with Crippen molar-refractivity contribution in [2.24, 2.45) is 0 Å². The van der Waals surface area contributed by atoms with Crippen molar-refractivity contribution in [3.8, 4) is 5.75 Å². The first-order valence-electron chi connectivity index (χ1n) is 6.24. The Morgan fingerprint density at radius 2 is 2.22 bits per heavy atom. The van der Waals surface area contributed by atoms with E-state index in [1.54, 1.807) is 25.3 Å². The Labute approximate surface area is 115 Å². The first-order chi connectivity index (χ1) is 8.65. The van der Waals surface area contributed by atoms with Crippen molar-refractivity contribution in [2.75, 3.05) is 0 Å². The molecule has 18 heavy (non-hydrogen) atoms. The summed E-state index contributed by atoms with van der Waals surface area (Å²) in [4.78, 5) is 16.0. The van der Waals surface area contributed by atoms with Crippen molar-refractivity contribution in [3.05, 3.63) is 22.9 Å². The number of hydrogen-bond donors (Lipinski definition) is 1. The van der Waals surface area contributed by atoms with Gasteiger partial charge in [0.05, 0.1) is 6.20 Å². The average Bonchev–Trinajstić information content (AvgIpc) is 2.85. The third kappa shape index (κ3) is 3.70. The topological polar surface area (TPSA) is 51.2 Å². The first-order valence-corrected chi connectivity index (χ1v) is 7.03. The third-order valence-corrected chi connectivity index (χ3v) is 3.55. The van der Waals surface area contributed by atoms with Crippen LogP contribution in [-0.4, -0.2) is 23.0 Å². The minimum absolute atomic E-state index is 0.0511. The number of amides is 1. The molecule has 1 unspecified atom stereocenters. The second-order valence-corrected chi connectivity index (χ2v) is 5.38. The number of aromatic nitrogens is 1. The van der Waals surface area contributed by atoms with Gasteiger partial charge in [-0.25, -0.2) is 4.98 Å². The number of nitrogens with one attached hydrogen (secondary N) is 1. The van der Waals surface area contributed by atoms with Gasteiger partial charge < -0.3 is 10.1 Å². The zero-order valence-corrected chi connectivity index (χ0v) is 11.9. The fraction of sp³-hybridized carbons (Fsp3) is 0.538. The molecule has 1 amide bonds. The molecule has 5 heteroatoms. The zero-order chi connectivity index (χ0) is 13.0. The standard InChI is InChI=1S/C13H17BrN2O2/c1-9(13(17)16-10-4-2-3-5-10)18-11-6-7-12(14)15-8-11/h6-10H,2-5H2,1H3,(H,16,17). The van der Waals surface area contributed by atoms with Crippen LogP contribution >= 0.6 is 15.9 Å². The van der Waals surface area contributed by atoms with E-state index in [0.29, 0.717) is 11.8 Å². The fourth-order valence-corrected chi connectivity index (χ4v) is 2.31. The van der Waals surface area contributed by atoms with E-state index >= 15 is 0 Å².